The molecule has 212 valence electrons. The highest BCUT2D eigenvalue weighted by Crippen LogP contribution is 2.36. The largest absolute Gasteiger partial charge is 0.491 e. The van der Waals surface area contributed by atoms with Crippen molar-refractivity contribution in [2.24, 2.45) is 5.41 Å². The SMILES string of the molecule is O=C1/C=C/CC2(CCN(CC(=O)Nc3cccc(F)c3)CC2)C(=O)NCCNC(=O)c2ccccc2OCCN1. The highest BCUT2D eigenvalue weighted by Gasteiger charge is 2.40. The van der Waals surface area contributed by atoms with E-state index in [0.29, 0.717) is 49.4 Å². The fourth-order valence-corrected chi connectivity index (χ4v) is 4.83. The molecule has 0 aromatic heterocycles. The van der Waals surface area contributed by atoms with Crippen molar-refractivity contribution in [1.29, 1.82) is 0 Å². The van der Waals surface area contributed by atoms with Crippen LogP contribution >= 0.6 is 0 Å². The lowest BCUT2D eigenvalue weighted by molar-refractivity contribution is -0.134. The number of hydrogen-bond donors (Lipinski definition) is 4. The van der Waals surface area contributed by atoms with E-state index in [1.807, 2.05) is 4.90 Å². The van der Waals surface area contributed by atoms with Gasteiger partial charge in [-0.3, -0.25) is 24.1 Å². The normalized spacial score (nSPS) is 19.7. The average molecular weight is 552 g/mol. The second-order valence-corrected chi connectivity index (χ2v) is 9.87. The van der Waals surface area contributed by atoms with E-state index < -0.39 is 11.2 Å². The number of allylic oxidation sites excluding steroid dienone is 1. The Labute approximate surface area is 232 Å². The van der Waals surface area contributed by atoms with Crippen molar-refractivity contribution in [3.05, 3.63) is 72.1 Å². The first kappa shape index (κ1) is 28.8. The van der Waals surface area contributed by atoms with Crippen LogP contribution in [0.4, 0.5) is 10.1 Å². The summed E-state index contributed by atoms with van der Waals surface area (Å²) >= 11 is 0. The molecule has 0 bridgehead atoms. The number of ether oxygens (including phenoxy) is 1. The number of rotatable bonds is 3. The van der Waals surface area contributed by atoms with Crippen LogP contribution in [0, 0.1) is 11.2 Å². The molecule has 0 atom stereocenters. The molecule has 1 fully saturated rings. The van der Waals surface area contributed by atoms with Crippen LogP contribution in [-0.2, 0) is 14.4 Å². The molecule has 0 radical (unpaired) electrons. The summed E-state index contributed by atoms with van der Waals surface area (Å²) < 4.78 is 19.1. The third-order valence-electron chi connectivity index (χ3n) is 7.03. The lowest BCUT2D eigenvalue weighted by Crippen LogP contribution is -2.51. The quantitative estimate of drug-likeness (QED) is 0.461. The van der Waals surface area contributed by atoms with Gasteiger partial charge < -0.3 is 26.0 Å². The highest BCUT2D eigenvalue weighted by molar-refractivity contribution is 5.97. The molecule has 0 saturated carbocycles. The maximum absolute atomic E-state index is 13.4. The van der Waals surface area contributed by atoms with Crippen LogP contribution in [0.1, 0.15) is 29.6 Å². The van der Waals surface area contributed by atoms with E-state index >= 15 is 0 Å². The molecule has 4 rings (SSSR count). The molecule has 2 aromatic carbocycles. The van der Waals surface area contributed by atoms with E-state index in [0.717, 1.165) is 0 Å². The van der Waals surface area contributed by atoms with E-state index in [2.05, 4.69) is 21.3 Å². The van der Waals surface area contributed by atoms with Gasteiger partial charge in [0.25, 0.3) is 5.91 Å². The van der Waals surface area contributed by atoms with Crippen LogP contribution in [0.2, 0.25) is 0 Å². The molecule has 11 heteroatoms. The van der Waals surface area contributed by atoms with E-state index in [1.165, 1.54) is 24.3 Å². The number of para-hydroxylation sites is 1. The van der Waals surface area contributed by atoms with Gasteiger partial charge in [-0.25, -0.2) is 4.39 Å². The number of fused-ring (bicyclic) bond motifs is 1. The van der Waals surface area contributed by atoms with Crippen LogP contribution in [0.15, 0.2) is 60.7 Å². The third kappa shape index (κ3) is 7.89. The van der Waals surface area contributed by atoms with Gasteiger partial charge in [0.1, 0.15) is 18.2 Å². The Bertz CT molecular complexity index is 1260. The number of benzene rings is 2. The van der Waals surface area contributed by atoms with E-state index in [-0.39, 0.29) is 56.4 Å². The van der Waals surface area contributed by atoms with E-state index in [9.17, 15) is 23.6 Å². The Morgan fingerprint density at radius 3 is 2.55 bits per heavy atom. The molecule has 40 heavy (non-hydrogen) atoms. The van der Waals surface area contributed by atoms with Gasteiger partial charge in [0, 0.05) is 18.8 Å². The van der Waals surface area contributed by atoms with Gasteiger partial charge in [0.05, 0.1) is 24.1 Å². The molecule has 2 aliphatic heterocycles. The number of piperidine rings is 1. The molecule has 2 aromatic rings. The second-order valence-electron chi connectivity index (χ2n) is 9.87. The summed E-state index contributed by atoms with van der Waals surface area (Å²) in [7, 11) is 0. The number of anilines is 1. The number of carbonyl (C=O) groups excluding carboxylic acids is 4. The molecule has 2 aliphatic rings. The first-order chi connectivity index (χ1) is 19.3. The number of nitrogens with one attached hydrogen (secondary N) is 4. The summed E-state index contributed by atoms with van der Waals surface area (Å²) in [4.78, 5) is 52.9. The number of halogens is 1. The molecule has 0 unspecified atom stereocenters. The van der Waals surface area contributed by atoms with Gasteiger partial charge in [0.2, 0.25) is 17.7 Å². The number of nitrogens with zero attached hydrogens (tertiary/aromatic N) is 1. The third-order valence-corrected chi connectivity index (χ3v) is 7.03. The standard InChI is InChI=1S/C29H34FN5O5/c30-21-5-3-6-22(19-21)34-26(37)20-35-16-11-29(12-17-35)10-4-9-25(36)31-15-18-40-24-8-2-1-7-23(24)27(38)32-13-14-33-28(29)39/h1-9,19H,10-18,20H2,(H,31,36)(H,32,38)(H,33,39)(H,34,37)/b9-4+. The summed E-state index contributed by atoms with van der Waals surface area (Å²) in [6.07, 6.45) is 4.43. The van der Waals surface area contributed by atoms with Crippen LogP contribution < -0.4 is 26.0 Å². The van der Waals surface area contributed by atoms with Crippen molar-refractivity contribution in [2.75, 3.05) is 51.2 Å². The maximum atomic E-state index is 13.4. The van der Waals surface area contributed by atoms with E-state index in [1.54, 1.807) is 36.4 Å². The number of likely N-dealkylation sites (tertiary alicyclic amines) is 1. The Morgan fingerprint density at radius 1 is 0.975 bits per heavy atom. The summed E-state index contributed by atoms with van der Waals surface area (Å²) in [5.41, 5.74) is -0.00807. The smallest absolute Gasteiger partial charge is 0.255 e. The zero-order valence-corrected chi connectivity index (χ0v) is 22.2. The van der Waals surface area contributed by atoms with Gasteiger partial charge in [-0.15, -0.1) is 0 Å². The van der Waals surface area contributed by atoms with Crippen molar-refractivity contribution >= 4 is 29.3 Å². The number of hydrogen-bond acceptors (Lipinski definition) is 6. The lowest BCUT2D eigenvalue weighted by Gasteiger charge is -2.40. The van der Waals surface area contributed by atoms with Crippen molar-refractivity contribution in [3.8, 4) is 5.75 Å². The minimum absolute atomic E-state index is 0.113. The molecule has 1 spiro atoms. The Morgan fingerprint density at radius 2 is 1.75 bits per heavy atom. The molecule has 2 heterocycles. The Hall–Kier alpha value is -4.25. The van der Waals surface area contributed by atoms with Crippen molar-refractivity contribution in [1.82, 2.24) is 20.9 Å². The minimum atomic E-state index is -0.764. The summed E-state index contributed by atoms with van der Waals surface area (Å²) in [5, 5.41) is 11.2. The fourth-order valence-electron chi connectivity index (χ4n) is 4.83. The van der Waals surface area contributed by atoms with Crippen LogP contribution in [0.25, 0.3) is 0 Å². The van der Waals surface area contributed by atoms with Gasteiger partial charge in [0.15, 0.2) is 0 Å². The lowest BCUT2D eigenvalue weighted by atomic mass is 9.74. The highest BCUT2D eigenvalue weighted by atomic mass is 19.1. The summed E-state index contributed by atoms with van der Waals surface area (Å²) in [6, 6.07) is 12.5. The van der Waals surface area contributed by atoms with Crippen LogP contribution in [0.5, 0.6) is 5.75 Å². The minimum Gasteiger partial charge on any atom is -0.491 e. The molecule has 10 nitrogen and oxygen atoms in total. The van der Waals surface area contributed by atoms with Crippen LogP contribution in [-0.4, -0.2) is 74.4 Å². The topological polar surface area (TPSA) is 129 Å². The first-order valence-electron chi connectivity index (χ1n) is 13.4. The van der Waals surface area contributed by atoms with Gasteiger partial charge in [-0.05, 0) is 68.8 Å². The fraction of sp³-hybridized carbons (Fsp3) is 0.379. The first-order valence-corrected chi connectivity index (χ1v) is 13.4. The predicted octanol–water partition coefficient (Wildman–Crippen LogP) is 1.85. The number of carbonyl (C=O) groups is 4. The summed E-state index contributed by atoms with van der Waals surface area (Å²) in [5.74, 6) is -1.07. The molecule has 1 saturated heterocycles. The van der Waals surface area contributed by atoms with Gasteiger partial charge >= 0.3 is 0 Å². The zero-order valence-electron chi connectivity index (χ0n) is 22.2. The average Bonchev–Trinajstić information content (AvgIpc) is 2.94. The second kappa shape index (κ2) is 13.7. The Kier molecular flexibility index (Phi) is 9.85. The zero-order chi connectivity index (χ0) is 28.4. The van der Waals surface area contributed by atoms with Crippen molar-refractivity contribution in [3.63, 3.8) is 0 Å². The van der Waals surface area contributed by atoms with Crippen molar-refractivity contribution < 1.29 is 28.3 Å². The predicted molar refractivity (Wildman–Crippen MR) is 147 cm³/mol. The molecular formula is C29H34FN5O5. The summed E-state index contributed by atoms with van der Waals surface area (Å²) in [6.45, 7) is 2.01. The Balaban J connectivity index is 1.38. The molecule has 4 N–H and O–H groups in total. The molecule has 0 aliphatic carbocycles. The van der Waals surface area contributed by atoms with E-state index in [4.69, 9.17) is 4.74 Å². The van der Waals surface area contributed by atoms with Gasteiger partial charge in [-0.1, -0.05) is 24.3 Å². The number of amides is 4. The van der Waals surface area contributed by atoms with Gasteiger partial charge in [-0.2, -0.15) is 0 Å². The molecular weight excluding hydrogens is 517 g/mol. The monoisotopic (exact) mass is 551 g/mol. The molecule has 4 amide bonds. The van der Waals surface area contributed by atoms with Crippen LogP contribution in [0.3, 0.4) is 0 Å². The van der Waals surface area contributed by atoms with Crippen molar-refractivity contribution in [2.45, 2.75) is 19.3 Å². The maximum Gasteiger partial charge on any atom is 0.255 e.